The Bertz CT molecular complexity index is 1410. The Morgan fingerprint density at radius 1 is 1.06 bits per heavy atom. The lowest BCUT2D eigenvalue weighted by Gasteiger charge is -2.11. The molecule has 4 rings (SSSR count). The van der Waals surface area contributed by atoms with E-state index in [1.54, 1.807) is 48.7 Å². The molecule has 4 aromatic rings. The highest BCUT2D eigenvalue weighted by atomic mass is 35.5. The first-order chi connectivity index (χ1) is 17.0. The maximum Gasteiger partial charge on any atom is 0.221 e. The summed E-state index contributed by atoms with van der Waals surface area (Å²) in [7, 11) is 0. The van der Waals surface area contributed by atoms with Crippen LogP contribution < -0.4 is 15.4 Å². The molecule has 35 heavy (non-hydrogen) atoms. The van der Waals surface area contributed by atoms with Gasteiger partial charge in [0.25, 0.3) is 0 Å². The Hall–Kier alpha value is -4.41. The Kier molecular flexibility index (Phi) is 7.56. The van der Waals surface area contributed by atoms with Gasteiger partial charge in [0.1, 0.15) is 30.3 Å². The van der Waals surface area contributed by atoms with Crippen molar-refractivity contribution >= 4 is 34.7 Å². The number of benzene rings is 3. The molecule has 0 bridgehead atoms. The number of nitrogens with one attached hydrogen (secondary N) is 2. The van der Waals surface area contributed by atoms with Crippen LogP contribution >= 0.6 is 11.6 Å². The first kappa shape index (κ1) is 23.7. The van der Waals surface area contributed by atoms with E-state index in [4.69, 9.17) is 16.3 Å². The van der Waals surface area contributed by atoms with Gasteiger partial charge in [0, 0.05) is 30.1 Å². The molecule has 0 atom stereocenters. The summed E-state index contributed by atoms with van der Waals surface area (Å²) in [6, 6.07) is 18.6. The topological polar surface area (TPSA) is 76.1 Å². The lowest BCUT2D eigenvalue weighted by Crippen LogP contribution is -2.05. The van der Waals surface area contributed by atoms with Crippen LogP contribution in [0.1, 0.15) is 23.6 Å². The summed E-state index contributed by atoms with van der Waals surface area (Å²) in [6.45, 7) is 1.65. The standard InChI is InChI=1S/C27H20ClFN4O2/c1-18(34)32-23-9-6-19(7-10-23)5-8-21-15-30-17-31-27(21)33-24-11-12-26(25(28)14-24)35-16-20-3-2-4-22(29)13-20/h2-4,6-7,9-15,17H,16H2,1H3,(H,32,34)(H,30,31,33). The Morgan fingerprint density at radius 3 is 2.60 bits per heavy atom. The van der Waals surface area contributed by atoms with Crippen LogP contribution in [0.2, 0.25) is 5.02 Å². The molecule has 0 saturated heterocycles. The monoisotopic (exact) mass is 486 g/mol. The number of amides is 1. The zero-order valence-corrected chi connectivity index (χ0v) is 19.4. The van der Waals surface area contributed by atoms with Crippen molar-refractivity contribution < 1.29 is 13.9 Å². The quantitative estimate of drug-likeness (QED) is 0.329. The van der Waals surface area contributed by atoms with Gasteiger partial charge in [0.2, 0.25) is 5.91 Å². The molecular weight excluding hydrogens is 467 g/mol. The lowest BCUT2D eigenvalue weighted by atomic mass is 10.2. The van der Waals surface area contributed by atoms with Crippen LogP contribution in [0.15, 0.2) is 79.3 Å². The molecule has 1 amide bonds. The van der Waals surface area contributed by atoms with E-state index < -0.39 is 0 Å². The smallest absolute Gasteiger partial charge is 0.221 e. The van der Waals surface area contributed by atoms with Crippen molar-refractivity contribution in [3.63, 3.8) is 0 Å². The van der Waals surface area contributed by atoms with Crippen molar-refractivity contribution in [1.82, 2.24) is 9.97 Å². The molecule has 0 fully saturated rings. The Labute approximate surface area is 207 Å². The highest BCUT2D eigenvalue weighted by Crippen LogP contribution is 2.30. The molecule has 0 aliphatic heterocycles. The van der Waals surface area contributed by atoms with E-state index in [1.807, 2.05) is 12.1 Å². The number of halogens is 2. The molecule has 0 saturated carbocycles. The summed E-state index contributed by atoms with van der Waals surface area (Å²) in [5.41, 5.74) is 3.47. The second kappa shape index (κ2) is 11.1. The molecule has 0 aliphatic carbocycles. The van der Waals surface area contributed by atoms with Gasteiger partial charge in [-0.25, -0.2) is 14.4 Å². The van der Waals surface area contributed by atoms with Crippen LogP contribution in [-0.2, 0) is 11.4 Å². The van der Waals surface area contributed by atoms with E-state index in [-0.39, 0.29) is 18.3 Å². The number of aromatic nitrogens is 2. The number of rotatable bonds is 6. The van der Waals surface area contributed by atoms with E-state index >= 15 is 0 Å². The number of hydrogen-bond donors (Lipinski definition) is 2. The van der Waals surface area contributed by atoms with Gasteiger partial charge in [-0.15, -0.1) is 0 Å². The Balaban J connectivity index is 1.45. The zero-order chi connectivity index (χ0) is 24.6. The number of carbonyl (C=O) groups is 1. The number of anilines is 3. The number of hydrogen-bond acceptors (Lipinski definition) is 5. The van der Waals surface area contributed by atoms with Gasteiger partial charge in [-0.2, -0.15) is 0 Å². The second-order valence-corrected chi connectivity index (χ2v) is 7.89. The molecular formula is C27H20ClFN4O2. The highest BCUT2D eigenvalue weighted by molar-refractivity contribution is 6.32. The van der Waals surface area contributed by atoms with Gasteiger partial charge >= 0.3 is 0 Å². The number of ether oxygens (including phenoxy) is 1. The van der Waals surface area contributed by atoms with Crippen LogP contribution in [0.5, 0.6) is 5.75 Å². The normalized spacial score (nSPS) is 10.1. The molecule has 8 heteroatoms. The molecule has 0 aliphatic rings. The van der Waals surface area contributed by atoms with Crippen molar-refractivity contribution in [2.75, 3.05) is 10.6 Å². The fraction of sp³-hybridized carbons (Fsp3) is 0.0741. The molecule has 0 spiro atoms. The minimum absolute atomic E-state index is 0.132. The molecule has 0 unspecified atom stereocenters. The molecule has 0 radical (unpaired) electrons. The summed E-state index contributed by atoms with van der Waals surface area (Å²) in [4.78, 5) is 19.5. The van der Waals surface area contributed by atoms with Crippen molar-refractivity contribution in [3.05, 3.63) is 107 Å². The largest absolute Gasteiger partial charge is 0.487 e. The summed E-state index contributed by atoms with van der Waals surface area (Å²) in [6.07, 6.45) is 3.04. The molecule has 3 aromatic carbocycles. The predicted molar refractivity (Wildman–Crippen MR) is 134 cm³/mol. The maximum atomic E-state index is 13.3. The van der Waals surface area contributed by atoms with Crippen LogP contribution in [-0.4, -0.2) is 15.9 Å². The lowest BCUT2D eigenvalue weighted by molar-refractivity contribution is -0.114. The third-order valence-corrected chi connectivity index (χ3v) is 5.03. The van der Waals surface area contributed by atoms with Crippen LogP contribution in [0.4, 0.5) is 21.6 Å². The third-order valence-electron chi connectivity index (χ3n) is 4.74. The SMILES string of the molecule is CC(=O)Nc1ccc(C#Cc2cncnc2Nc2ccc(OCc3cccc(F)c3)c(Cl)c2)cc1. The van der Waals surface area contributed by atoms with E-state index in [9.17, 15) is 9.18 Å². The highest BCUT2D eigenvalue weighted by Gasteiger charge is 2.07. The van der Waals surface area contributed by atoms with E-state index in [0.717, 1.165) is 5.56 Å². The van der Waals surface area contributed by atoms with Gasteiger partial charge in [-0.3, -0.25) is 4.79 Å². The van der Waals surface area contributed by atoms with E-state index in [2.05, 4.69) is 32.4 Å². The van der Waals surface area contributed by atoms with E-state index in [1.165, 1.54) is 25.4 Å². The average Bonchev–Trinajstić information content (AvgIpc) is 2.84. The maximum absolute atomic E-state index is 13.3. The average molecular weight is 487 g/mol. The van der Waals surface area contributed by atoms with Crippen molar-refractivity contribution in [2.24, 2.45) is 0 Å². The van der Waals surface area contributed by atoms with Gasteiger partial charge in [-0.1, -0.05) is 35.6 Å². The molecule has 174 valence electrons. The predicted octanol–water partition coefficient (Wildman–Crippen LogP) is 5.95. The number of nitrogens with zero attached hydrogens (tertiary/aromatic N) is 2. The van der Waals surface area contributed by atoms with Gasteiger partial charge in [-0.05, 0) is 60.2 Å². The second-order valence-electron chi connectivity index (χ2n) is 7.48. The molecule has 6 nitrogen and oxygen atoms in total. The van der Waals surface area contributed by atoms with E-state index in [0.29, 0.717) is 39.1 Å². The first-order valence-corrected chi connectivity index (χ1v) is 11.0. The summed E-state index contributed by atoms with van der Waals surface area (Å²) < 4.78 is 19.1. The molecule has 1 heterocycles. The van der Waals surface area contributed by atoms with Gasteiger partial charge in [0.15, 0.2) is 0 Å². The van der Waals surface area contributed by atoms with Gasteiger partial charge in [0.05, 0.1) is 10.6 Å². The summed E-state index contributed by atoms with van der Waals surface area (Å²) in [5, 5.41) is 6.31. The minimum atomic E-state index is -0.317. The van der Waals surface area contributed by atoms with Gasteiger partial charge < -0.3 is 15.4 Å². The minimum Gasteiger partial charge on any atom is -0.487 e. The Morgan fingerprint density at radius 2 is 1.86 bits per heavy atom. The fourth-order valence-corrected chi connectivity index (χ4v) is 3.36. The first-order valence-electron chi connectivity index (χ1n) is 10.6. The van der Waals surface area contributed by atoms with Crippen molar-refractivity contribution in [2.45, 2.75) is 13.5 Å². The third kappa shape index (κ3) is 6.79. The van der Waals surface area contributed by atoms with Crippen LogP contribution in [0, 0.1) is 17.7 Å². The number of carbonyl (C=O) groups excluding carboxylic acids is 1. The summed E-state index contributed by atoms with van der Waals surface area (Å²) >= 11 is 6.39. The summed E-state index contributed by atoms with van der Waals surface area (Å²) in [5.74, 6) is 6.68. The van der Waals surface area contributed by atoms with Crippen LogP contribution in [0.3, 0.4) is 0 Å². The zero-order valence-electron chi connectivity index (χ0n) is 18.7. The van der Waals surface area contributed by atoms with Crippen molar-refractivity contribution in [3.8, 4) is 17.6 Å². The fourth-order valence-electron chi connectivity index (χ4n) is 3.12. The molecule has 2 N–H and O–H groups in total. The van der Waals surface area contributed by atoms with Crippen molar-refractivity contribution in [1.29, 1.82) is 0 Å². The van der Waals surface area contributed by atoms with Crippen LogP contribution in [0.25, 0.3) is 0 Å². The molecule has 1 aromatic heterocycles.